The van der Waals surface area contributed by atoms with E-state index >= 15 is 0 Å². The highest BCUT2D eigenvalue weighted by atomic mass is 16.5. The lowest BCUT2D eigenvalue weighted by molar-refractivity contribution is 0.139. The van der Waals surface area contributed by atoms with E-state index in [9.17, 15) is 4.79 Å². The summed E-state index contributed by atoms with van der Waals surface area (Å²) < 4.78 is 5.02. The zero-order valence-electron chi connectivity index (χ0n) is 9.53. The molecule has 0 aliphatic heterocycles. The molecule has 16 heavy (non-hydrogen) atoms. The second-order valence-electron chi connectivity index (χ2n) is 3.60. The van der Waals surface area contributed by atoms with Crippen LogP contribution in [0.4, 0.5) is 10.5 Å². The van der Waals surface area contributed by atoms with E-state index in [4.69, 9.17) is 10.5 Å². The molecule has 0 saturated carbocycles. The summed E-state index contributed by atoms with van der Waals surface area (Å²) in [5.74, 6) is 0. The lowest BCUT2D eigenvalue weighted by Gasteiger charge is -2.06. The highest BCUT2D eigenvalue weighted by Crippen LogP contribution is 2.06. The molecule has 0 unspecified atom stereocenters. The van der Waals surface area contributed by atoms with Crippen LogP contribution in [0.3, 0.4) is 0 Å². The average molecular weight is 222 g/mol. The number of nitrogens with one attached hydrogen (secondary N) is 1. The molecule has 3 N–H and O–H groups in total. The van der Waals surface area contributed by atoms with Gasteiger partial charge < -0.3 is 15.8 Å². The van der Waals surface area contributed by atoms with E-state index in [1.165, 1.54) is 0 Å². The maximum Gasteiger partial charge on any atom is 0.407 e. The Labute approximate surface area is 95.8 Å². The van der Waals surface area contributed by atoms with Crippen LogP contribution in [0.5, 0.6) is 0 Å². The number of carbonyl (C=O) groups is 1. The van der Waals surface area contributed by atoms with Gasteiger partial charge >= 0.3 is 6.09 Å². The van der Waals surface area contributed by atoms with Crippen molar-refractivity contribution in [1.29, 1.82) is 0 Å². The predicted molar refractivity (Wildman–Crippen MR) is 64.0 cm³/mol. The number of alkyl carbamates (subject to hydrolysis) is 1. The van der Waals surface area contributed by atoms with Gasteiger partial charge in [0.2, 0.25) is 0 Å². The molecular formula is C12H18N2O2. The number of unbranched alkanes of at least 4 members (excludes halogenated alkanes) is 1. The molecule has 0 spiro atoms. The summed E-state index contributed by atoms with van der Waals surface area (Å²) in [7, 11) is 0. The second-order valence-corrected chi connectivity index (χ2v) is 3.60. The normalized spacial score (nSPS) is 9.81. The van der Waals surface area contributed by atoms with Gasteiger partial charge in [-0.15, -0.1) is 0 Å². The van der Waals surface area contributed by atoms with E-state index in [1.807, 2.05) is 12.1 Å². The van der Waals surface area contributed by atoms with E-state index in [2.05, 4.69) is 12.2 Å². The van der Waals surface area contributed by atoms with Crippen molar-refractivity contribution >= 4 is 11.8 Å². The van der Waals surface area contributed by atoms with Crippen LogP contribution < -0.4 is 11.1 Å². The van der Waals surface area contributed by atoms with Gasteiger partial charge in [0.1, 0.15) is 6.61 Å². The average Bonchev–Trinajstić information content (AvgIpc) is 2.29. The zero-order valence-corrected chi connectivity index (χ0v) is 9.53. The van der Waals surface area contributed by atoms with Crippen molar-refractivity contribution < 1.29 is 9.53 Å². The number of benzene rings is 1. The van der Waals surface area contributed by atoms with Crippen LogP contribution in [0.25, 0.3) is 0 Å². The molecule has 0 aliphatic carbocycles. The summed E-state index contributed by atoms with van der Waals surface area (Å²) in [4.78, 5) is 11.2. The lowest BCUT2D eigenvalue weighted by atomic mass is 10.2. The Morgan fingerprint density at radius 1 is 1.38 bits per heavy atom. The highest BCUT2D eigenvalue weighted by Gasteiger charge is 2.01. The Morgan fingerprint density at radius 2 is 2.06 bits per heavy atom. The van der Waals surface area contributed by atoms with Crippen LogP contribution in [0.1, 0.15) is 25.3 Å². The Morgan fingerprint density at radius 3 is 2.69 bits per heavy atom. The number of ether oxygens (including phenoxy) is 1. The Bertz CT molecular complexity index is 322. The van der Waals surface area contributed by atoms with Gasteiger partial charge in [-0.25, -0.2) is 4.79 Å². The smallest absolute Gasteiger partial charge is 0.407 e. The number of nitrogen functional groups attached to an aromatic ring is 1. The molecule has 0 saturated heterocycles. The molecule has 0 aromatic heterocycles. The summed E-state index contributed by atoms with van der Waals surface area (Å²) in [6.07, 6.45) is 1.65. The van der Waals surface area contributed by atoms with Crippen LogP contribution in [0, 0.1) is 0 Å². The van der Waals surface area contributed by atoms with Crippen molar-refractivity contribution in [2.45, 2.75) is 26.4 Å². The summed E-state index contributed by atoms with van der Waals surface area (Å²) in [5, 5.41) is 2.68. The lowest BCUT2D eigenvalue weighted by Crippen LogP contribution is -2.25. The summed E-state index contributed by atoms with van der Waals surface area (Å²) in [6, 6.07) is 7.25. The first-order chi connectivity index (χ1) is 7.72. The minimum atomic E-state index is -0.370. The standard InChI is InChI=1S/C12H18N2O2/c1-2-3-8-14-12(15)16-9-10-4-6-11(13)7-5-10/h4-7H,2-3,8-9,13H2,1H3,(H,14,15). The molecule has 88 valence electrons. The molecular weight excluding hydrogens is 204 g/mol. The third kappa shape index (κ3) is 4.68. The minimum absolute atomic E-state index is 0.276. The molecule has 4 nitrogen and oxygen atoms in total. The SMILES string of the molecule is CCCCNC(=O)OCc1ccc(N)cc1. The maximum atomic E-state index is 11.2. The van der Waals surface area contributed by atoms with Gasteiger partial charge in [0.05, 0.1) is 0 Å². The Hall–Kier alpha value is -1.71. The van der Waals surface area contributed by atoms with Crippen molar-refractivity contribution in [1.82, 2.24) is 5.32 Å². The van der Waals surface area contributed by atoms with Gasteiger partial charge in [0.15, 0.2) is 0 Å². The van der Waals surface area contributed by atoms with Gasteiger partial charge in [-0.3, -0.25) is 0 Å². The molecule has 0 radical (unpaired) electrons. The van der Waals surface area contributed by atoms with Gasteiger partial charge in [0.25, 0.3) is 0 Å². The maximum absolute atomic E-state index is 11.2. The topological polar surface area (TPSA) is 64.3 Å². The van der Waals surface area contributed by atoms with Crippen LogP contribution in [-0.4, -0.2) is 12.6 Å². The number of carbonyl (C=O) groups excluding carboxylic acids is 1. The Balaban J connectivity index is 2.23. The quantitative estimate of drug-likeness (QED) is 0.593. The van der Waals surface area contributed by atoms with Crippen molar-refractivity contribution in [3.63, 3.8) is 0 Å². The largest absolute Gasteiger partial charge is 0.445 e. The first-order valence-corrected chi connectivity index (χ1v) is 5.47. The third-order valence-corrected chi connectivity index (χ3v) is 2.15. The monoisotopic (exact) mass is 222 g/mol. The molecule has 4 heteroatoms. The van der Waals surface area contributed by atoms with Crippen LogP contribution in [-0.2, 0) is 11.3 Å². The number of hydrogen-bond donors (Lipinski definition) is 2. The number of rotatable bonds is 5. The molecule has 0 heterocycles. The van der Waals surface area contributed by atoms with E-state index < -0.39 is 0 Å². The van der Waals surface area contributed by atoms with E-state index in [0.29, 0.717) is 12.2 Å². The molecule has 0 fully saturated rings. The number of hydrogen-bond acceptors (Lipinski definition) is 3. The fourth-order valence-corrected chi connectivity index (χ4v) is 1.18. The molecule has 0 atom stereocenters. The predicted octanol–water partition coefficient (Wildman–Crippen LogP) is 2.30. The molecule has 1 rings (SSSR count). The van der Waals surface area contributed by atoms with E-state index in [0.717, 1.165) is 18.4 Å². The summed E-state index contributed by atoms with van der Waals surface area (Å²) >= 11 is 0. The zero-order chi connectivity index (χ0) is 11.8. The number of anilines is 1. The molecule has 1 aromatic rings. The van der Waals surface area contributed by atoms with Crippen LogP contribution in [0.2, 0.25) is 0 Å². The van der Waals surface area contributed by atoms with Gasteiger partial charge in [-0.2, -0.15) is 0 Å². The first-order valence-electron chi connectivity index (χ1n) is 5.47. The minimum Gasteiger partial charge on any atom is -0.445 e. The first kappa shape index (κ1) is 12.4. The molecule has 0 aliphatic rings. The van der Waals surface area contributed by atoms with Gasteiger partial charge in [-0.05, 0) is 24.1 Å². The molecule has 1 amide bonds. The highest BCUT2D eigenvalue weighted by molar-refractivity contribution is 5.67. The third-order valence-electron chi connectivity index (χ3n) is 2.15. The summed E-state index contributed by atoms with van der Waals surface area (Å²) in [5.41, 5.74) is 7.18. The number of nitrogens with two attached hydrogens (primary N) is 1. The van der Waals surface area contributed by atoms with Crippen molar-refractivity contribution in [2.24, 2.45) is 0 Å². The van der Waals surface area contributed by atoms with Crippen LogP contribution >= 0.6 is 0 Å². The van der Waals surface area contributed by atoms with Crippen LogP contribution in [0.15, 0.2) is 24.3 Å². The molecule has 0 bridgehead atoms. The van der Waals surface area contributed by atoms with Gasteiger partial charge in [0, 0.05) is 12.2 Å². The fraction of sp³-hybridized carbons (Fsp3) is 0.417. The van der Waals surface area contributed by atoms with Gasteiger partial charge in [-0.1, -0.05) is 25.5 Å². The van der Waals surface area contributed by atoms with Crippen molar-refractivity contribution in [2.75, 3.05) is 12.3 Å². The number of amides is 1. The fourth-order valence-electron chi connectivity index (χ4n) is 1.18. The van der Waals surface area contributed by atoms with E-state index in [1.54, 1.807) is 12.1 Å². The second kappa shape index (κ2) is 6.71. The van der Waals surface area contributed by atoms with Crippen molar-refractivity contribution in [3.8, 4) is 0 Å². The Kier molecular flexibility index (Phi) is 5.19. The van der Waals surface area contributed by atoms with Crippen molar-refractivity contribution in [3.05, 3.63) is 29.8 Å². The van der Waals surface area contributed by atoms with E-state index in [-0.39, 0.29) is 12.7 Å². The molecule has 1 aromatic carbocycles. The summed E-state index contributed by atoms with van der Waals surface area (Å²) in [6.45, 7) is 3.01.